The molecule has 1 unspecified atom stereocenters. The molecule has 1 aliphatic rings. The maximum absolute atomic E-state index is 12.0. The zero-order valence-electron chi connectivity index (χ0n) is 9.38. The highest BCUT2D eigenvalue weighted by Gasteiger charge is 2.31. The summed E-state index contributed by atoms with van der Waals surface area (Å²) in [4.78, 5) is 19.8. The zero-order chi connectivity index (χ0) is 11.5. The number of carbonyl (C=O) groups excluding carboxylic acids is 1. The van der Waals surface area contributed by atoms with E-state index in [1.807, 2.05) is 4.90 Å². The highest BCUT2D eigenvalue weighted by Crippen LogP contribution is 2.19. The van der Waals surface area contributed by atoms with E-state index in [1.54, 1.807) is 19.0 Å². The Kier molecular flexibility index (Phi) is 3.35. The molecule has 6 nitrogen and oxygen atoms in total. The van der Waals surface area contributed by atoms with Crippen LogP contribution in [0.15, 0.2) is 6.33 Å². The summed E-state index contributed by atoms with van der Waals surface area (Å²) in [6.45, 7) is 2.33. The van der Waals surface area contributed by atoms with Gasteiger partial charge in [-0.05, 0) is 0 Å². The molecule has 16 heavy (non-hydrogen) atoms. The number of hydrogen-bond acceptors (Lipinski definition) is 6. The van der Waals surface area contributed by atoms with Crippen LogP contribution in [0.3, 0.4) is 0 Å². The van der Waals surface area contributed by atoms with Crippen LogP contribution in [0.5, 0.6) is 0 Å². The number of rotatable bonds is 2. The van der Waals surface area contributed by atoms with Crippen LogP contribution in [-0.4, -0.2) is 59.9 Å². The number of anilines is 1. The molecule has 1 aromatic rings. The number of piperazine rings is 1. The summed E-state index contributed by atoms with van der Waals surface area (Å²) in [6, 6.07) is -0.170. The van der Waals surface area contributed by atoms with E-state index in [-0.39, 0.29) is 11.9 Å². The molecule has 1 saturated heterocycles. The molecule has 1 fully saturated rings. The monoisotopic (exact) mass is 241 g/mol. The molecule has 1 N–H and O–H groups in total. The van der Waals surface area contributed by atoms with Gasteiger partial charge in [0.25, 0.3) is 0 Å². The van der Waals surface area contributed by atoms with Gasteiger partial charge in [-0.2, -0.15) is 4.37 Å². The Morgan fingerprint density at radius 3 is 3.12 bits per heavy atom. The SMILES string of the molecule is CN(C)C(=O)C1CNCCN1c1ncns1. The van der Waals surface area contributed by atoms with Crippen molar-refractivity contribution in [1.29, 1.82) is 0 Å². The van der Waals surface area contributed by atoms with Crippen molar-refractivity contribution in [2.75, 3.05) is 38.6 Å². The minimum Gasteiger partial charge on any atom is -0.347 e. The smallest absolute Gasteiger partial charge is 0.246 e. The Morgan fingerprint density at radius 2 is 2.50 bits per heavy atom. The van der Waals surface area contributed by atoms with Crippen LogP contribution in [-0.2, 0) is 4.79 Å². The van der Waals surface area contributed by atoms with Crippen LogP contribution >= 0.6 is 11.5 Å². The van der Waals surface area contributed by atoms with E-state index in [4.69, 9.17) is 0 Å². The van der Waals surface area contributed by atoms with Gasteiger partial charge >= 0.3 is 0 Å². The average Bonchev–Trinajstić information content (AvgIpc) is 2.81. The molecule has 2 heterocycles. The molecule has 1 atom stereocenters. The van der Waals surface area contributed by atoms with Crippen LogP contribution in [0.1, 0.15) is 0 Å². The summed E-state index contributed by atoms with van der Waals surface area (Å²) in [5, 5.41) is 4.05. The van der Waals surface area contributed by atoms with Gasteiger partial charge in [0, 0.05) is 45.3 Å². The summed E-state index contributed by atoms with van der Waals surface area (Å²) < 4.78 is 3.98. The van der Waals surface area contributed by atoms with Crippen molar-refractivity contribution in [2.24, 2.45) is 0 Å². The lowest BCUT2D eigenvalue weighted by atomic mass is 10.2. The lowest BCUT2D eigenvalue weighted by molar-refractivity contribution is -0.130. The molecule has 1 amide bonds. The summed E-state index contributed by atoms with van der Waals surface area (Å²) in [7, 11) is 3.55. The van der Waals surface area contributed by atoms with Crippen molar-refractivity contribution < 1.29 is 4.79 Å². The summed E-state index contributed by atoms with van der Waals surface area (Å²) in [5.41, 5.74) is 0. The largest absolute Gasteiger partial charge is 0.347 e. The van der Waals surface area contributed by atoms with E-state index >= 15 is 0 Å². The summed E-state index contributed by atoms with van der Waals surface area (Å²) in [6.07, 6.45) is 1.53. The Hall–Kier alpha value is -1.21. The first-order chi connectivity index (χ1) is 7.70. The summed E-state index contributed by atoms with van der Waals surface area (Å²) >= 11 is 1.33. The number of carbonyl (C=O) groups is 1. The lowest BCUT2D eigenvalue weighted by Crippen LogP contribution is -2.57. The number of amides is 1. The normalized spacial score (nSPS) is 20.9. The standard InChI is InChI=1S/C9H15N5OS/c1-13(2)8(15)7-5-10-3-4-14(7)9-11-6-12-16-9/h6-7,10H,3-5H2,1-2H3. The van der Waals surface area contributed by atoms with E-state index in [0.717, 1.165) is 18.2 Å². The fourth-order valence-corrected chi connectivity index (χ4v) is 2.35. The molecule has 2 rings (SSSR count). The Bertz CT molecular complexity index is 353. The predicted molar refractivity (Wildman–Crippen MR) is 62.6 cm³/mol. The van der Waals surface area contributed by atoms with Gasteiger partial charge in [-0.3, -0.25) is 4.79 Å². The number of nitrogens with one attached hydrogen (secondary N) is 1. The molecule has 0 spiro atoms. The Labute approximate surface area is 98.4 Å². The molecule has 88 valence electrons. The van der Waals surface area contributed by atoms with Crippen molar-refractivity contribution in [3.05, 3.63) is 6.33 Å². The molecule has 1 aromatic heterocycles. The fraction of sp³-hybridized carbons (Fsp3) is 0.667. The van der Waals surface area contributed by atoms with E-state index in [2.05, 4.69) is 14.7 Å². The molecule has 0 aromatic carbocycles. The van der Waals surface area contributed by atoms with E-state index in [9.17, 15) is 4.79 Å². The van der Waals surface area contributed by atoms with Crippen LogP contribution in [0.25, 0.3) is 0 Å². The van der Waals surface area contributed by atoms with Gasteiger partial charge < -0.3 is 15.1 Å². The Balaban J connectivity index is 2.17. The highest BCUT2D eigenvalue weighted by atomic mass is 32.1. The topological polar surface area (TPSA) is 61.4 Å². The number of aromatic nitrogens is 2. The van der Waals surface area contributed by atoms with Crippen molar-refractivity contribution in [3.8, 4) is 0 Å². The molecule has 0 saturated carbocycles. The maximum Gasteiger partial charge on any atom is 0.246 e. The van der Waals surface area contributed by atoms with Gasteiger partial charge in [-0.25, -0.2) is 4.98 Å². The van der Waals surface area contributed by atoms with Gasteiger partial charge in [0.1, 0.15) is 12.4 Å². The quantitative estimate of drug-likeness (QED) is 0.749. The van der Waals surface area contributed by atoms with Crippen molar-refractivity contribution >= 4 is 22.6 Å². The molecular weight excluding hydrogens is 226 g/mol. The molecule has 1 aliphatic heterocycles. The van der Waals surface area contributed by atoms with E-state index in [1.165, 1.54) is 17.9 Å². The van der Waals surface area contributed by atoms with Gasteiger partial charge in [0.15, 0.2) is 0 Å². The van der Waals surface area contributed by atoms with Gasteiger partial charge in [-0.15, -0.1) is 0 Å². The third-order valence-corrected chi connectivity index (χ3v) is 3.27. The van der Waals surface area contributed by atoms with Gasteiger partial charge in [0.2, 0.25) is 11.0 Å². The molecule has 0 bridgehead atoms. The predicted octanol–water partition coefficient (Wildman–Crippen LogP) is -0.595. The zero-order valence-corrected chi connectivity index (χ0v) is 10.2. The Morgan fingerprint density at radius 1 is 1.69 bits per heavy atom. The summed E-state index contributed by atoms with van der Waals surface area (Å²) in [5.74, 6) is 0.0994. The lowest BCUT2D eigenvalue weighted by Gasteiger charge is -2.35. The number of likely N-dealkylation sites (N-methyl/N-ethyl adjacent to an activating group) is 1. The second-order valence-corrected chi connectivity index (χ2v) is 4.63. The molecule has 0 aliphatic carbocycles. The van der Waals surface area contributed by atoms with Crippen LogP contribution in [0.2, 0.25) is 0 Å². The minimum absolute atomic E-state index is 0.0994. The van der Waals surface area contributed by atoms with Crippen molar-refractivity contribution in [2.45, 2.75) is 6.04 Å². The van der Waals surface area contributed by atoms with E-state index < -0.39 is 0 Å². The first kappa shape index (κ1) is 11.3. The van der Waals surface area contributed by atoms with Crippen molar-refractivity contribution in [3.63, 3.8) is 0 Å². The maximum atomic E-state index is 12.0. The van der Waals surface area contributed by atoms with E-state index in [0.29, 0.717) is 6.54 Å². The fourth-order valence-electron chi connectivity index (χ4n) is 1.75. The van der Waals surface area contributed by atoms with Crippen LogP contribution < -0.4 is 10.2 Å². The highest BCUT2D eigenvalue weighted by molar-refractivity contribution is 7.09. The second-order valence-electron chi connectivity index (χ2n) is 3.87. The first-order valence-electron chi connectivity index (χ1n) is 5.15. The molecule has 7 heteroatoms. The van der Waals surface area contributed by atoms with Crippen LogP contribution in [0, 0.1) is 0 Å². The van der Waals surface area contributed by atoms with Gasteiger partial charge in [0.05, 0.1) is 0 Å². The first-order valence-corrected chi connectivity index (χ1v) is 5.92. The van der Waals surface area contributed by atoms with Crippen molar-refractivity contribution in [1.82, 2.24) is 19.6 Å². The molecule has 0 radical (unpaired) electrons. The third kappa shape index (κ3) is 2.14. The number of hydrogen-bond donors (Lipinski definition) is 1. The van der Waals surface area contributed by atoms with Crippen LogP contribution in [0.4, 0.5) is 5.13 Å². The number of nitrogens with zero attached hydrogens (tertiary/aromatic N) is 4. The molecular formula is C9H15N5OS. The minimum atomic E-state index is -0.170. The average molecular weight is 241 g/mol. The third-order valence-electron chi connectivity index (χ3n) is 2.56. The van der Waals surface area contributed by atoms with Gasteiger partial charge in [-0.1, -0.05) is 0 Å². The second kappa shape index (κ2) is 4.75.